The topological polar surface area (TPSA) is 70.2 Å². The number of nitrogens with zero attached hydrogens (tertiary/aromatic N) is 3. The van der Waals surface area contributed by atoms with E-state index in [1.165, 1.54) is 36.4 Å². The summed E-state index contributed by atoms with van der Waals surface area (Å²) in [4.78, 5) is 18.3. The molecule has 0 spiro atoms. The Morgan fingerprint density at radius 2 is 1.44 bits per heavy atom. The number of rotatable bonds is 13. The molecule has 0 radical (unpaired) electrons. The minimum atomic E-state index is -3.57. The van der Waals surface area contributed by atoms with Crippen molar-refractivity contribution in [2.75, 3.05) is 39.8 Å². The van der Waals surface area contributed by atoms with Gasteiger partial charge in [0.15, 0.2) is 0 Å². The molecule has 1 aliphatic carbocycles. The molecule has 1 saturated carbocycles. The highest BCUT2D eigenvalue weighted by molar-refractivity contribution is 7.89. The fourth-order valence-electron chi connectivity index (χ4n) is 6.89. The van der Waals surface area contributed by atoms with Crippen LogP contribution in [0.3, 0.4) is 0 Å². The average molecular weight is 632 g/mol. The van der Waals surface area contributed by atoms with Crippen molar-refractivity contribution in [1.29, 1.82) is 0 Å². The Hall–Kier alpha value is -3.20. The van der Waals surface area contributed by atoms with Crippen LogP contribution in [0.4, 0.5) is 4.79 Å². The standard InChI is InChI=1S/C37H49N3O4S/c1-38(45(42,43)36-20-12-5-13-21-36)29-34(33-18-10-4-11-19-33)22-25-39-26-23-35(24-27-39)40(28-31-14-6-2-7-15-31)37(41)44-30-32-16-8-3-9-17-32/h3-5,8-13,16-21,31,34-35H,2,6-7,14-15,22-30H2,1H3/t34-/m1/s1. The van der Waals surface area contributed by atoms with E-state index in [2.05, 4.69) is 17.0 Å². The van der Waals surface area contributed by atoms with Crippen molar-refractivity contribution < 1.29 is 17.9 Å². The van der Waals surface area contributed by atoms with Gasteiger partial charge in [0.2, 0.25) is 10.0 Å². The second-order valence-corrected chi connectivity index (χ2v) is 14.8. The quantitative estimate of drug-likeness (QED) is 0.200. The molecule has 3 aromatic carbocycles. The molecule has 242 valence electrons. The van der Waals surface area contributed by atoms with Crippen LogP contribution in [0.5, 0.6) is 0 Å². The Labute approximate surface area is 270 Å². The van der Waals surface area contributed by atoms with Gasteiger partial charge in [0.05, 0.1) is 4.90 Å². The molecular formula is C37H49N3O4S. The lowest BCUT2D eigenvalue weighted by molar-refractivity contribution is 0.0497. The Balaban J connectivity index is 1.19. The Morgan fingerprint density at radius 3 is 2.09 bits per heavy atom. The minimum absolute atomic E-state index is 0.0724. The molecule has 0 unspecified atom stereocenters. The third kappa shape index (κ3) is 9.41. The van der Waals surface area contributed by atoms with Gasteiger partial charge in [0.25, 0.3) is 0 Å². The Kier molecular flexibility index (Phi) is 12.1. The molecule has 2 aliphatic rings. The molecule has 3 aromatic rings. The fourth-order valence-corrected chi connectivity index (χ4v) is 8.12. The van der Waals surface area contributed by atoms with E-state index in [0.29, 0.717) is 24.0 Å². The van der Waals surface area contributed by atoms with Crippen molar-refractivity contribution >= 4 is 16.1 Å². The number of sulfonamides is 1. The van der Waals surface area contributed by atoms with Crippen molar-refractivity contribution in [1.82, 2.24) is 14.1 Å². The second-order valence-electron chi connectivity index (χ2n) is 12.8. The van der Waals surface area contributed by atoms with Gasteiger partial charge in [-0.25, -0.2) is 17.5 Å². The molecule has 7 nitrogen and oxygen atoms in total. The normalized spacial score (nSPS) is 17.6. The monoisotopic (exact) mass is 631 g/mol. The number of carbonyl (C=O) groups excluding carboxylic acids is 1. The lowest BCUT2D eigenvalue weighted by Gasteiger charge is -2.40. The highest BCUT2D eigenvalue weighted by Gasteiger charge is 2.32. The van der Waals surface area contributed by atoms with Crippen molar-refractivity contribution in [2.45, 2.75) is 74.8 Å². The first kappa shape index (κ1) is 33.2. The van der Waals surface area contributed by atoms with Crippen LogP contribution in [0.25, 0.3) is 0 Å². The highest BCUT2D eigenvalue weighted by atomic mass is 32.2. The largest absolute Gasteiger partial charge is 0.445 e. The van der Waals surface area contributed by atoms with Crippen LogP contribution < -0.4 is 0 Å². The first-order chi connectivity index (χ1) is 21.9. The smallest absolute Gasteiger partial charge is 0.410 e. The van der Waals surface area contributed by atoms with Gasteiger partial charge in [-0.05, 0) is 73.7 Å². The first-order valence-electron chi connectivity index (χ1n) is 16.7. The maximum atomic E-state index is 13.5. The fraction of sp³-hybridized carbons (Fsp3) is 0.486. The second kappa shape index (κ2) is 16.4. The van der Waals surface area contributed by atoms with E-state index in [9.17, 15) is 13.2 Å². The zero-order valence-corrected chi connectivity index (χ0v) is 27.5. The van der Waals surface area contributed by atoms with Crippen molar-refractivity contribution in [2.24, 2.45) is 5.92 Å². The molecule has 0 aromatic heterocycles. The number of benzene rings is 3. The molecule has 0 N–H and O–H groups in total. The summed E-state index contributed by atoms with van der Waals surface area (Å²) in [5, 5.41) is 0. The molecule has 5 rings (SSSR count). The number of carbonyl (C=O) groups is 1. The number of hydrogen-bond donors (Lipinski definition) is 0. The zero-order valence-electron chi connectivity index (χ0n) is 26.7. The lowest BCUT2D eigenvalue weighted by Crippen LogP contribution is -2.49. The van der Waals surface area contributed by atoms with Gasteiger partial charge in [-0.3, -0.25) is 0 Å². The van der Waals surface area contributed by atoms with Gasteiger partial charge in [-0.1, -0.05) is 98.1 Å². The van der Waals surface area contributed by atoms with Crippen LogP contribution in [0.2, 0.25) is 0 Å². The molecule has 0 bridgehead atoms. The number of amides is 1. The number of ether oxygens (including phenoxy) is 1. The summed E-state index contributed by atoms with van der Waals surface area (Å²) in [6.07, 6.45) is 8.69. The van der Waals surface area contributed by atoms with E-state index in [0.717, 1.165) is 56.6 Å². The first-order valence-corrected chi connectivity index (χ1v) is 18.1. The summed E-state index contributed by atoms with van der Waals surface area (Å²) in [5.74, 6) is 0.625. The van der Waals surface area contributed by atoms with E-state index >= 15 is 0 Å². The zero-order chi connectivity index (χ0) is 31.5. The maximum Gasteiger partial charge on any atom is 0.410 e. The third-order valence-electron chi connectivity index (χ3n) is 9.61. The van der Waals surface area contributed by atoms with Crippen LogP contribution in [-0.2, 0) is 21.4 Å². The maximum absolute atomic E-state index is 13.5. The van der Waals surface area contributed by atoms with Crippen molar-refractivity contribution in [3.05, 3.63) is 102 Å². The van der Waals surface area contributed by atoms with Crippen LogP contribution in [0.1, 0.15) is 68.4 Å². The molecule has 2 fully saturated rings. The molecule has 1 saturated heterocycles. The van der Waals surface area contributed by atoms with Gasteiger partial charge in [0, 0.05) is 39.3 Å². The molecule has 1 atom stereocenters. The Morgan fingerprint density at radius 1 is 0.844 bits per heavy atom. The molecule has 1 aliphatic heterocycles. The van der Waals surface area contributed by atoms with Crippen LogP contribution in [0.15, 0.2) is 95.9 Å². The predicted octanol–water partition coefficient (Wildman–Crippen LogP) is 7.16. The molecule has 1 heterocycles. The van der Waals surface area contributed by atoms with Crippen LogP contribution >= 0.6 is 0 Å². The minimum Gasteiger partial charge on any atom is -0.445 e. The van der Waals surface area contributed by atoms with E-state index < -0.39 is 10.0 Å². The van der Waals surface area contributed by atoms with Gasteiger partial charge in [-0.2, -0.15) is 0 Å². The predicted molar refractivity (Wildman–Crippen MR) is 179 cm³/mol. The highest BCUT2D eigenvalue weighted by Crippen LogP contribution is 2.29. The van der Waals surface area contributed by atoms with E-state index in [1.807, 2.05) is 59.5 Å². The molecule has 1 amide bonds. The number of piperidine rings is 1. The van der Waals surface area contributed by atoms with Gasteiger partial charge < -0.3 is 14.5 Å². The van der Waals surface area contributed by atoms with E-state index in [1.54, 1.807) is 31.3 Å². The summed E-state index contributed by atoms with van der Waals surface area (Å²) in [6.45, 7) is 4.22. The summed E-state index contributed by atoms with van der Waals surface area (Å²) in [6, 6.07) is 29.0. The Bertz CT molecular complexity index is 1410. The summed E-state index contributed by atoms with van der Waals surface area (Å²) in [5.41, 5.74) is 2.16. The van der Waals surface area contributed by atoms with E-state index in [-0.39, 0.29) is 18.1 Å². The number of likely N-dealkylation sites (N-methyl/N-ethyl adjacent to an activating group) is 1. The summed E-state index contributed by atoms with van der Waals surface area (Å²) >= 11 is 0. The summed E-state index contributed by atoms with van der Waals surface area (Å²) in [7, 11) is -1.89. The summed E-state index contributed by atoms with van der Waals surface area (Å²) < 4.78 is 34.0. The molecule has 8 heteroatoms. The number of likely N-dealkylation sites (tertiary alicyclic amines) is 1. The lowest BCUT2D eigenvalue weighted by atomic mass is 9.88. The van der Waals surface area contributed by atoms with Crippen molar-refractivity contribution in [3.8, 4) is 0 Å². The third-order valence-corrected chi connectivity index (χ3v) is 11.4. The molecular weight excluding hydrogens is 582 g/mol. The SMILES string of the molecule is CN(C[C@@H](CCN1CCC(N(CC2CCCCC2)C(=O)OCc2ccccc2)CC1)c1ccccc1)S(=O)(=O)c1ccccc1. The van der Waals surface area contributed by atoms with Gasteiger partial charge >= 0.3 is 6.09 Å². The number of hydrogen-bond acceptors (Lipinski definition) is 5. The van der Waals surface area contributed by atoms with Crippen LogP contribution in [-0.4, -0.2) is 74.4 Å². The van der Waals surface area contributed by atoms with Gasteiger partial charge in [-0.15, -0.1) is 0 Å². The average Bonchev–Trinajstić information content (AvgIpc) is 3.10. The van der Waals surface area contributed by atoms with Gasteiger partial charge in [0.1, 0.15) is 6.61 Å². The van der Waals surface area contributed by atoms with E-state index in [4.69, 9.17) is 4.74 Å². The molecule has 45 heavy (non-hydrogen) atoms. The van der Waals surface area contributed by atoms with Crippen molar-refractivity contribution in [3.63, 3.8) is 0 Å². The van der Waals surface area contributed by atoms with Crippen LogP contribution in [0, 0.1) is 5.92 Å².